The number of hydrazone groups is 1. The van der Waals surface area contributed by atoms with Crippen LogP contribution in [0.3, 0.4) is 0 Å². The van der Waals surface area contributed by atoms with Gasteiger partial charge in [0, 0.05) is 0 Å². The van der Waals surface area contributed by atoms with Crippen molar-refractivity contribution >= 4 is 29.6 Å². The molecule has 2 amide bonds. The topological polar surface area (TPSA) is 59.0 Å². The van der Waals surface area contributed by atoms with Crippen LogP contribution < -0.4 is 4.74 Å². The van der Waals surface area contributed by atoms with Crippen molar-refractivity contribution in [3.05, 3.63) is 40.9 Å². The monoisotopic (exact) mass is 330 g/mol. The van der Waals surface area contributed by atoms with Crippen molar-refractivity contribution in [1.29, 1.82) is 0 Å². The van der Waals surface area contributed by atoms with Gasteiger partial charge in [-0.05, 0) is 42.0 Å². The Kier molecular flexibility index (Phi) is 3.27. The van der Waals surface area contributed by atoms with Gasteiger partial charge in [-0.2, -0.15) is 10.1 Å². The third-order valence-corrected chi connectivity index (χ3v) is 5.24. The van der Waals surface area contributed by atoms with Gasteiger partial charge >= 0.3 is 0 Å². The van der Waals surface area contributed by atoms with E-state index in [0.717, 1.165) is 11.4 Å². The number of nitrogens with zero attached hydrogens (tertiary/aromatic N) is 2. The van der Waals surface area contributed by atoms with Crippen LogP contribution >= 0.6 is 11.6 Å². The molecule has 1 saturated carbocycles. The lowest BCUT2D eigenvalue weighted by Gasteiger charge is -2.13. The van der Waals surface area contributed by atoms with Crippen LogP contribution in [0, 0.1) is 23.7 Å². The zero-order chi connectivity index (χ0) is 16.1. The average molecular weight is 331 g/mol. The second-order valence-electron chi connectivity index (χ2n) is 6.13. The summed E-state index contributed by atoms with van der Waals surface area (Å²) in [5.41, 5.74) is 0.703. The first-order chi connectivity index (χ1) is 11.1. The number of amides is 2. The number of hydrogen-bond acceptors (Lipinski definition) is 4. The number of hydrogen-bond donors (Lipinski definition) is 0. The van der Waals surface area contributed by atoms with Gasteiger partial charge in [-0.1, -0.05) is 23.8 Å². The highest BCUT2D eigenvalue weighted by molar-refractivity contribution is 6.32. The maximum atomic E-state index is 12.5. The molecule has 1 heterocycles. The van der Waals surface area contributed by atoms with Crippen molar-refractivity contribution < 1.29 is 14.3 Å². The molecule has 118 valence electrons. The summed E-state index contributed by atoms with van der Waals surface area (Å²) in [6.07, 6.45) is 6.52. The lowest BCUT2D eigenvalue weighted by atomic mass is 9.85. The van der Waals surface area contributed by atoms with E-state index in [2.05, 4.69) is 17.3 Å². The highest BCUT2D eigenvalue weighted by Crippen LogP contribution is 2.52. The molecule has 0 radical (unpaired) electrons. The summed E-state index contributed by atoms with van der Waals surface area (Å²) >= 11 is 6.06. The van der Waals surface area contributed by atoms with Crippen molar-refractivity contribution in [2.45, 2.75) is 6.42 Å². The van der Waals surface area contributed by atoms with Crippen molar-refractivity contribution in [1.82, 2.24) is 5.01 Å². The van der Waals surface area contributed by atoms with Crippen molar-refractivity contribution in [2.75, 3.05) is 7.11 Å². The van der Waals surface area contributed by atoms with E-state index in [-0.39, 0.29) is 35.5 Å². The standard InChI is InChI=1S/C17H15ClN2O3/c1-23-13-5-2-9(6-12(13)18)8-19-20-16(21)14-10-3-4-11(7-10)15(14)17(20)22/h2-6,8,10-11,14-15H,7H2,1H3/t10-,11-,14-,15+/m0/s1. The summed E-state index contributed by atoms with van der Waals surface area (Å²) in [5.74, 6) is 0.118. The second kappa shape index (κ2) is 5.20. The Morgan fingerprint density at radius 1 is 1.22 bits per heavy atom. The van der Waals surface area contributed by atoms with Crippen molar-refractivity contribution in [3.63, 3.8) is 0 Å². The molecular formula is C17H15ClN2O3. The molecule has 2 fully saturated rings. The molecule has 0 aromatic heterocycles. The molecule has 0 N–H and O–H groups in total. The fraction of sp³-hybridized carbons (Fsp3) is 0.353. The number of carbonyl (C=O) groups is 2. The van der Waals surface area contributed by atoms with E-state index in [1.165, 1.54) is 13.3 Å². The lowest BCUT2D eigenvalue weighted by molar-refractivity contribution is -0.140. The molecule has 5 nitrogen and oxygen atoms in total. The largest absolute Gasteiger partial charge is 0.495 e. The number of ether oxygens (including phenoxy) is 1. The van der Waals surface area contributed by atoms with Gasteiger partial charge in [0.15, 0.2) is 0 Å². The molecule has 4 rings (SSSR count). The molecule has 1 aromatic rings. The molecule has 4 atom stereocenters. The van der Waals surface area contributed by atoms with E-state index in [0.29, 0.717) is 16.3 Å². The van der Waals surface area contributed by atoms with Gasteiger partial charge in [0.2, 0.25) is 0 Å². The minimum atomic E-state index is -0.228. The summed E-state index contributed by atoms with van der Waals surface area (Å²) < 4.78 is 5.09. The minimum absolute atomic E-state index is 0.187. The van der Waals surface area contributed by atoms with E-state index in [9.17, 15) is 9.59 Å². The van der Waals surface area contributed by atoms with Gasteiger partial charge in [0.05, 0.1) is 30.2 Å². The zero-order valence-electron chi connectivity index (χ0n) is 12.5. The molecule has 2 bridgehead atoms. The van der Waals surface area contributed by atoms with Crippen LogP contribution in [0.25, 0.3) is 0 Å². The maximum Gasteiger partial charge on any atom is 0.254 e. The normalized spacial score (nSPS) is 31.5. The summed E-state index contributed by atoms with van der Waals surface area (Å²) in [6.45, 7) is 0. The molecule has 1 aromatic carbocycles. The van der Waals surface area contributed by atoms with Gasteiger partial charge in [0.25, 0.3) is 11.8 Å². The first-order valence-corrected chi connectivity index (χ1v) is 7.91. The summed E-state index contributed by atoms with van der Waals surface area (Å²) in [5, 5.41) is 5.59. The Hall–Kier alpha value is -2.14. The second-order valence-corrected chi connectivity index (χ2v) is 6.53. The Morgan fingerprint density at radius 2 is 1.87 bits per heavy atom. The maximum absolute atomic E-state index is 12.5. The number of allylic oxidation sites excluding steroid dienone is 2. The highest BCUT2D eigenvalue weighted by Gasteiger charge is 2.59. The first-order valence-electron chi connectivity index (χ1n) is 7.54. The predicted molar refractivity (Wildman–Crippen MR) is 85.2 cm³/mol. The molecule has 0 unspecified atom stereocenters. The minimum Gasteiger partial charge on any atom is -0.495 e. The SMILES string of the molecule is COc1ccc(C=NN2C(=O)[C@@H]3[C@H](C2=O)[C@H]2C=C[C@H]3C2)cc1Cl. The van der Waals surface area contributed by atoms with Crippen molar-refractivity contribution in [3.8, 4) is 5.75 Å². The summed E-state index contributed by atoms with van der Waals surface area (Å²) in [6, 6.07) is 5.17. The zero-order valence-corrected chi connectivity index (χ0v) is 13.2. The fourth-order valence-corrected chi connectivity index (χ4v) is 4.15. The van der Waals surface area contributed by atoms with E-state index in [4.69, 9.17) is 16.3 Å². The quantitative estimate of drug-likeness (QED) is 0.486. The number of carbonyl (C=O) groups excluding carboxylic acids is 2. The van der Waals surface area contributed by atoms with Gasteiger partial charge in [0.1, 0.15) is 5.75 Å². The predicted octanol–water partition coefficient (Wildman–Crippen LogP) is 2.49. The van der Waals surface area contributed by atoms with Crippen LogP contribution in [-0.4, -0.2) is 30.1 Å². The van der Waals surface area contributed by atoms with Crippen molar-refractivity contribution in [2.24, 2.45) is 28.8 Å². The molecule has 6 heteroatoms. The van der Waals surface area contributed by atoms with E-state index >= 15 is 0 Å². The Bertz CT molecular complexity index is 728. The smallest absolute Gasteiger partial charge is 0.254 e. The number of benzene rings is 1. The molecule has 23 heavy (non-hydrogen) atoms. The van der Waals surface area contributed by atoms with E-state index in [1.807, 2.05) is 0 Å². The van der Waals surface area contributed by atoms with Crippen LogP contribution in [0.1, 0.15) is 12.0 Å². The van der Waals surface area contributed by atoms with Crippen LogP contribution in [0.15, 0.2) is 35.5 Å². The van der Waals surface area contributed by atoms with Gasteiger partial charge in [-0.3, -0.25) is 9.59 Å². The molecular weight excluding hydrogens is 316 g/mol. The Balaban J connectivity index is 1.57. The number of methoxy groups -OCH3 is 1. The number of rotatable bonds is 3. The van der Waals surface area contributed by atoms with Gasteiger partial charge < -0.3 is 4.74 Å². The Morgan fingerprint density at radius 3 is 2.43 bits per heavy atom. The third-order valence-electron chi connectivity index (χ3n) is 4.95. The first kappa shape index (κ1) is 14.5. The third kappa shape index (κ3) is 2.10. The fourth-order valence-electron chi connectivity index (χ4n) is 3.89. The lowest BCUT2D eigenvalue weighted by Crippen LogP contribution is -2.28. The van der Waals surface area contributed by atoms with E-state index in [1.54, 1.807) is 18.2 Å². The number of fused-ring (bicyclic) bond motifs is 5. The summed E-state index contributed by atoms with van der Waals surface area (Å²) in [7, 11) is 1.54. The number of halogens is 1. The summed E-state index contributed by atoms with van der Waals surface area (Å²) in [4.78, 5) is 25.0. The number of imide groups is 1. The molecule has 1 saturated heterocycles. The Labute approximate surface area is 138 Å². The van der Waals surface area contributed by atoms with Crippen LogP contribution in [0.2, 0.25) is 5.02 Å². The molecule has 1 aliphatic heterocycles. The van der Waals surface area contributed by atoms with Crippen LogP contribution in [-0.2, 0) is 9.59 Å². The van der Waals surface area contributed by atoms with Gasteiger partial charge in [-0.15, -0.1) is 0 Å². The van der Waals surface area contributed by atoms with Gasteiger partial charge in [-0.25, -0.2) is 0 Å². The van der Waals surface area contributed by atoms with E-state index < -0.39 is 0 Å². The average Bonchev–Trinajstić information content (AvgIpc) is 3.21. The van der Waals surface area contributed by atoms with Crippen LogP contribution in [0.5, 0.6) is 5.75 Å². The molecule has 3 aliphatic rings. The molecule has 0 spiro atoms. The molecule has 2 aliphatic carbocycles. The highest BCUT2D eigenvalue weighted by atomic mass is 35.5. The van der Waals surface area contributed by atoms with Crippen LogP contribution in [0.4, 0.5) is 0 Å².